The fourth-order valence-electron chi connectivity index (χ4n) is 2.48. The van der Waals surface area contributed by atoms with Crippen LogP contribution >= 0.6 is 33.9 Å². The molecule has 0 amide bonds. The molecule has 0 spiro atoms. The quantitative estimate of drug-likeness (QED) is 0.456. The second kappa shape index (κ2) is 7.59. The fraction of sp³-hybridized carbons (Fsp3) is 0.643. The summed E-state index contributed by atoms with van der Waals surface area (Å²) in [5, 5.41) is 3.58. The van der Waals surface area contributed by atoms with E-state index >= 15 is 0 Å². The molecule has 5 heteroatoms. The van der Waals surface area contributed by atoms with E-state index in [1.807, 2.05) is 18.3 Å². The van der Waals surface area contributed by atoms with Crippen molar-refractivity contribution >= 4 is 39.9 Å². The molecule has 3 nitrogen and oxygen atoms in total. The number of carbonyl (C=O) groups excluding carboxylic acids is 1. The van der Waals surface area contributed by atoms with Crippen LogP contribution < -0.4 is 5.32 Å². The Kier molecular flexibility index (Phi) is 6.09. The highest BCUT2D eigenvalue weighted by molar-refractivity contribution is 14.1. The van der Waals surface area contributed by atoms with Crippen LogP contribution in [0.3, 0.4) is 0 Å². The summed E-state index contributed by atoms with van der Waals surface area (Å²) >= 11 is 4.32. The van der Waals surface area contributed by atoms with Crippen LogP contribution in [0.2, 0.25) is 0 Å². The molecule has 1 atom stereocenters. The third-order valence-corrected chi connectivity index (χ3v) is 5.31. The number of esters is 1. The lowest BCUT2D eigenvalue weighted by molar-refractivity contribution is -0.143. The van der Waals surface area contributed by atoms with E-state index in [-0.39, 0.29) is 5.97 Å². The first-order chi connectivity index (χ1) is 9.20. The molecule has 1 aliphatic rings. The summed E-state index contributed by atoms with van der Waals surface area (Å²) in [7, 11) is 0. The van der Waals surface area contributed by atoms with E-state index in [9.17, 15) is 4.79 Å². The van der Waals surface area contributed by atoms with Crippen molar-refractivity contribution in [3.8, 4) is 0 Å². The SMILES string of the molecule is CCOC(=O)CCCNC1CCCc2sc(I)cc21. The van der Waals surface area contributed by atoms with Crippen molar-refractivity contribution in [1.29, 1.82) is 0 Å². The van der Waals surface area contributed by atoms with Gasteiger partial charge in [-0.25, -0.2) is 0 Å². The maximum atomic E-state index is 11.2. The minimum atomic E-state index is -0.0845. The maximum absolute atomic E-state index is 11.2. The molecule has 2 rings (SSSR count). The molecule has 0 fully saturated rings. The molecule has 0 aromatic carbocycles. The van der Waals surface area contributed by atoms with Crippen molar-refractivity contribution in [3.63, 3.8) is 0 Å². The van der Waals surface area contributed by atoms with Gasteiger partial charge in [-0.05, 0) is 73.4 Å². The topological polar surface area (TPSA) is 38.3 Å². The second-order valence-corrected chi connectivity index (χ2v) is 7.77. The van der Waals surface area contributed by atoms with Gasteiger partial charge in [-0.15, -0.1) is 11.3 Å². The normalized spacial score (nSPS) is 18.1. The summed E-state index contributed by atoms with van der Waals surface area (Å²) in [4.78, 5) is 12.8. The Hall–Kier alpha value is -0.140. The van der Waals surface area contributed by atoms with Gasteiger partial charge in [-0.1, -0.05) is 0 Å². The van der Waals surface area contributed by atoms with Gasteiger partial charge in [0, 0.05) is 17.3 Å². The number of carbonyl (C=O) groups is 1. The van der Waals surface area contributed by atoms with Gasteiger partial charge in [0.05, 0.1) is 9.49 Å². The highest BCUT2D eigenvalue weighted by Gasteiger charge is 2.21. The van der Waals surface area contributed by atoms with Gasteiger partial charge >= 0.3 is 5.97 Å². The summed E-state index contributed by atoms with van der Waals surface area (Å²) < 4.78 is 6.31. The van der Waals surface area contributed by atoms with E-state index in [1.54, 1.807) is 4.88 Å². The predicted octanol–water partition coefficient (Wildman–Crippen LogP) is 3.66. The zero-order chi connectivity index (χ0) is 13.7. The summed E-state index contributed by atoms with van der Waals surface area (Å²) in [5.41, 5.74) is 1.48. The minimum Gasteiger partial charge on any atom is -0.466 e. The van der Waals surface area contributed by atoms with Gasteiger partial charge in [0.1, 0.15) is 0 Å². The number of thiophene rings is 1. The van der Waals surface area contributed by atoms with Crippen molar-refractivity contribution in [3.05, 3.63) is 19.4 Å². The minimum absolute atomic E-state index is 0.0845. The van der Waals surface area contributed by atoms with Crippen LogP contribution in [0, 0.1) is 2.88 Å². The monoisotopic (exact) mass is 393 g/mol. The number of hydrogen-bond donors (Lipinski definition) is 1. The van der Waals surface area contributed by atoms with E-state index in [0.717, 1.165) is 13.0 Å². The zero-order valence-electron chi connectivity index (χ0n) is 11.2. The van der Waals surface area contributed by atoms with E-state index in [4.69, 9.17) is 4.74 Å². The van der Waals surface area contributed by atoms with Gasteiger partial charge in [-0.3, -0.25) is 4.79 Å². The average Bonchev–Trinajstić information content (AvgIpc) is 2.76. The van der Waals surface area contributed by atoms with Crippen LogP contribution in [0.1, 0.15) is 49.1 Å². The zero-order valence-corrected chi connectivity index (χ0v) is 14.2. The molecular weight excluding hydrogens is 373 g/mol. The summed E-state index contributed by atoms with van der Waals surface area (Å²) in [6, 6.07) is 2.79. The first-order valence-electron chi connectivity index (χ1n) is 6.87. The van der Waals surface area contributed by atoms with Crippen LogP contribution in [0.15, 0.2) is 6.07 Å². The van der Waals surface area contributed by atoms with Gasteiger partial charge < -0.3 is 10.1 Å². The largest absolute Gasteiger partial charge is 0.466 e. The van der Waals surface area contributed by atoms with Crippen LogP contribution in [0.5, 0.6) is 0 Å². The molecule has 0 aliphatic heterocycles. The van der Waals surface area contributed by atoms with Crippen molar-refractivity contribution in [1.82, 2.24) is 5.32 Å². The Balaban J connectivity index is 1.76. The van der Waals surface area contributed by atoms with Gasteiger partial charge in [0.15, 0.2) is 0 Å². The highest BCUT2D eigenvalue weighted by atomic mass is 127. The van der Waals surface area contributed by atoms with Crippen molar-refractivity contribution < 1.29 is 9.53 Å². The van der Waals surface area contributed by atoms with Gasteiger partial charge in [-0.2, -0.15) is 0 Å². The lowest BCUT2D eigenvalue weighted by Gasteiger charge is -2.23. The van der Waals surface area contributed by atoms with E-state index in [1.165, 1.54) is 27.7 Å². The predicted molar refractivity (Wildman–Crippen MR) is 86.6 cm³/mol. The van der Waals surface area contributed by atoms with Crippen LogP contribution in [-0.4, -0.2) is 19.1 Å². The third kappa shape index (κ3) is 4.43. The highest BCUT2D eigenvalue weighted by Crippen LogP contribution is 2.36. The number of rotatable bonds is 6. The molecule has 1 unspecified atom stereocenters. The number of hydrogen-bond acceptors (Lipinski definition) is 4. The molecule has 1 heterocycles. The Bertz CT molecular complexity index is 433. The summed E-state index contributed by atoms with van der Waals surface area (Å²) in [6.07, 6.45) is 5.07. The molecule has 1 aliphatic carbocycles. The Morgan fingerprint density at radius 3 is 3.26 bits per heavy atom. The van der Waals surface area contributed by atoms with Crippen LogP contribution in [0.25, 0.3) is 0 Å². The molecule has 0 bridgehead atoms. The smallest absolute Gasteiger partial charge is 0.305 e. The van der Waals surface area contributed by atoms with Gasteiger partial charge in [0.2, 0.25) is 0 Å². The molecule has 106 valence electrons. The number of ether oxygens (including phenoxy) is 1. The molecular formula is C14H20INO2S. The number of aryl methyl sites for hydroxylation is 1. The molecule has 0 radical (unpaired) electrons. The molecule has 1 aromatic rings. The molecule has 1 aromatic heterocycles. The van der Waals surface area contributed by atoms with Crippen molar-refractivity contribution in [2.45, 2.75) is 45.1 Å². The lowest BCUT2D eigenvalue weighted by atomic mass is 9.94. The maximum Gasteiger partial charge on any atom is 0.305 e. The number of fused-ring (bicyclic) bond motifs is 1. The third-order valence-electron chi connectivity index (χ3n) is 3.34. The average molecular weight is 393 g/mol. The van der Waals surface area contributed by atoms with E-state index in [2.05, 4.69) is 34.0 Å². The van der Waals surface area contributed by atoms with Gasteiger partial charge in [0.25, 0.3) is 0 Å². The Morgan fingerprint density at radius 1 is 1.63 bits per heavy atom. The molecule has 0 saturated carbocycles. The van der Waals surface area contributed by atoms with Crippen molar-refractivity contribution in [2.75, 3.05) is 13.2 Å². The first-order valence-corrected chi connectivity index (χ1v) is 8.77. The fourth-order valence-corrected chi connectivity index (χ4v) is 4.60. The van der Waals surface area contributed by atoms with Crippen LogP contribution in [-0.2, 0) is 16.0 Å². The molecule has 19 heavy (non-hydrogen) atoms. The summed E-state index contributed by atoms with van der Waals surface area (Å²) in [6.45, 7) is 3.21. The second-order valence-electron chi connectivity index (χ2n) is 4.74. The van der Waals surface area contributed by atoms with E-state index in [0.29, 0.717) is 19.1 Å². The number of nitrogens with one attached hydrogen (secondary N) is 1. The summed E-state index contributed by atoms with van der Waals surface area (Å²) in [5.74, 6) is -0.0845. The Morgan fingerprint density at radius 2 is 2.47 bits per heavy atom. The molecule has 0 saturated heterocycles. The lowest BCUT2D eigenvalue weighted by Crippen LogP contribution is -2.25. The molecule has 1 N–H and O–H groups in total. The van der Waals surface area contributed by atoms with Crippen molar-refractivity contribution in [2.24, 2.45) is 0 Å². The number of halogens is 1. The Labute approximate surface area is 132 Å². The first kappa shape index (κ1) is 15.3. The standard InChI is InChI=1S/C14H20INO2S/c1-2-18-14(17)7-4-8-16-11-5-3-6-12-10(11)9-13(15)19-12/h9,11,16H,2-8H2,1H3. The van der Waals surface area contributed by atoms with E-state index < -0.39 is 0 Å². The van der Waals surface area contributed by atoms with Crippen LogP contribution in [0.4, 0.5) is 0 Å².